The maximum absolute atomic E-state index is 12.0. The first-order chi connectivity index (χ1) is 10.7. The Balaban J connectivity index is 1.78. The van der Waals surface area contributed by atoms with E-state index in [1.807, 2.05) is 35.9 Å². The van der Waals surface area contributed by atoms with Gasteiger partial charge < -0.3 is 11.1 Å². The molecule has 1 saturated carbocycles. The summed E-state index contributed by atoms with van der Waals surface area (Å²) in [6.07, 6.45) is 3.77. The Labute approximate surface area is 128 Å². The maximum Gasteiger partial charge on any atom is 0.241 e. The smallest absolute Gasteiger partial charge is 0.241 e. The highest BCUT2D eigenvalue weighted by Crippen LogP contribution is 2.36. The van der Waals surface area contributed by atoms with E-state index >= 15 is 0 Å². The van der Waals surface area contributed by atoms with Crippen LogP contribution < -0.4 is 11.1 Å². The molecule has 0 radical (unpaired) electrons. The van der Waals surface area contributed by atoms with Crippen molar-refractivity contribution >= 4 is 11.6 Å². The monoisotopic (exact) mass is 300 g/mol. The standard InChI is InChI=1S/C15H20N6O/c1-2-4-13(16)15(22)17-11-6-3-5-10(9-11)14-18-19-20-21(14)12-7-8-12/h3,5-6,9,12-13H,2,4,7-8,16H2,1H3,(H,17,22). The summed E-state index contributed by atoms with van der Waals surface area (Å²) >= 11 is 0. The van der Waals surface area contributed by atoms with E-state index in [2.05, 4.69) is 20.8 Å². The number of benzene rings is 1. The lowest BCUT2D eigenvalue weighted by atomic mass is 10.1. The molecule has 1 aromatic heterocycles. The van der Waals surface area contributed by atoms with Crippen molar-refractivity contribution < 1.29 is 4.79 Å². The van der Waals surface area contributed by atoms with Crippen molar-refractivity contribution in [1.82, 2.24) is 20.2 Å². The third kappa shape index (κ3) is 3.14. The van der Waals surface area contributed by atoms with Gasteiger partial charge in [0, 0.05) is 11.3 Å². The second-order valence-corrected chi connectivity index (χ2v) is 5.64. The number of anilines is 1. The Morgan fingerprint density at radius 3 is 3.05 bits per heavy atom. The van der Waals surface area contributed by atoms with Gasteiger partial charge in [-0.2, -0.15) is 0 Å². The molecule has 0 bridgehead atoms. The highest BCUT2D eigenvalue weighted by Gasteiger charge is 2.28. The number of carbonyl (C=O) groups excluding carboxylic acids is 1. The normalized spacial score (nSPS) is 15.5. The fourth-order valence-corrected chi connectivity index (χ4v) is 2.36. The molecule has 2 aromatic rings. The SMILES string of the molecule is CCCC(N)C(=O)Nc1cccc(-c2nnnn2C2CC2)c1. The molecule has 1 aromatic carbocycles. The number of amides is 1. The zero-order valence-corrected chi connectivity index (χ0v) is 12.6. The van der Waals surface area contributed by atoms with Gasteiger partial charge in [0.05, 0.1) is 12.1 Å². The van der Waals surface area contributed by atoms with Crippen LogP contribution >= 0.6 is 0 Å². The summed E-state index contributed by atoms with van der Waals surface area (Å²) in [6.45, 7) is 2.01. The van der Waals surface area contributed by atoms with Crippen LogP contribution in [-0.2, 0) is 4.79 Å². The van der Waals surface area contributed by atoms with Crippen molar-refractivity contribution in [3.63, 3.8) is 0 Å². The van der Waals surface area contributed by atoms with Crippen molar-refractivity contribution in [2.24, 2.45) is 5.73 Å². The number of rotatable bonds is 6. The lowest BCUT2D eigenvalue weighted by Crippen LogP contribution is -2.35. The van der Waals surface area contributed by atoms with Crippen LogP contribution in [0.15, 0.2) is 24.3 Å². The third-order valence-electron chi connectivity index (χ3n) is 3.71. The molecule has 116 valence electrons. The van der Waals surface area contributed by atoms with Gasteiger partial charge in [0.1, 0.15) is 0 Å². The van der Waals surface area contributed by atoms with E-state index in [1.54, 1.807) is 0 Å². The number of aromatic nitrogens is 4. The van der Waals surface area contributed by atoms with Crippen molar-refractivity contribution in [3.8, 4) is 11.4 Å². The first kappa shape index (κ1) is 14.6. The molecule has 1 amide bonds. The number of nitrogens with zero attached hydrogens (tertiary/aromatic N) is 4. The van der Waals surface area contributed by atoms with Gasteiger partial charge in [-0.3, -0.25) is 4.79 Å². The number of nitrogens with two attached hydrogens (primary N) is 1. The van der Waals surface area contributed by atoms with Crippen LogP contribution in [0.5, 0.6) is 0 Å². The minimum atomic E-state index is -0.481. The summed E-state index contributed by atoms with van der Waals surface area (Å²) in [7, 11) is 0. The van der Waals surface area contributed by atoms with E-state index < -0.39 is 6.04 Å². The fraction of sp³-hybridized carbons (Fsp3) is 0.467. The van der Waals surface area contributed by atoms with Gasteiger partial charge in [-0.05, 0) is 41.8 Å². The molecule has 7 nitrogen and oxygen atoms in total. The average Bonchev–Trinajstić information content (AvgIpc) is 3.24. The summed E-state index contributed by atoms with van der Waals surface area (Å²) < 4.78 is 1.85. The van der Waals surface area contributed by atoms with Crippen LogP contribution in [0.2, 0.25) is 0 Å². The van der Waals surface area contributed by atoms with Crippen LogP contribution in [0.1, 0.15) is 38.6 Å². The van der Waals surface area contributed by atoms with Gasteiger partial charge >= 0.3 is 0 Å². The Morgan fingerprint density at radius 2 is 2.32 bits per heavy atom. The first-order valence-corrected chi connectivity index (χ1v) is 7.63. The van der Waals surface area contributed by atoms with Crippen LogP contribution in [-0.4, -0.2) is 32.2 Å². The zero-order valence-electron chi connectivity index (χ0n) is 12.6. The lowest BCUT2D eigenvalue weighted by molar-refractivity contribution is -0.117. The van der Waals surface area contributed by atoms with E-state index in [1.165, 1.54) is 0 Å². The highest BCUT2D eigenvalue weighted by molar-refractivity contribution is 5.95. The number of carbonyl (C=O) groups is 1. The highest BCUT2D eigenvalue weighted by atomic mass is 16.2. The van der Waals surface area contributed by atoms with E-state index in [9.17, 15) is 4.79 Å². The second kappa shape index (κ2) is 6.23. The third-order valence-corrected chi connectivity index (χ3v) is 3.71. The predicted molar refractivity (Wildman–Crippen MR) is 83.0 cm³/mol. The van der Waals surface area contributed by atoms with Crippen molar-refractivity contribution in [2.45, 2.75) is 44.7 Å². The number of tetrazole rings is 1. The molecule has 0 saturated heterocycles. The maximum atomic E-state index is 12.0. The van der Waals surface area contributed by atoms with Gasteiger partial charge in [0.15, 0.2) is 5.82 Å². The molecule has 1 heterocycles. The molecule has 1 atom stereocenters. The Bertz CT molecular complexity index is 664. The molecule has 0 aliphatic heterocycles. The van der Waals surface area contributed by atoms with Crippen molar-refractivity contribution in [1.29, 1.82) is 0 Å². The number of hydrogen-bond donors (Lipinski definition) is 2. The van der Waals surface area contributed by atoms with Gasteiger partial charge in [-0.25, -0.2) is 4.68 Å². The van der Waals surface area contributed by atoms with Gasteiger partial charge in [0.2, 0.25) is 5.91 Å². The molecule has 3 N–H and O–H groups in total. The number of hydrogen-bond acceptors (Lipinski definition) is 5. The van der Waals surface area contributed by atoms with E-state index in [0.29, 0.717) is 18.2 Å². The van der Waals surface area contributed by atoms with Crippen LogP contribution in [0.4, 0.5) is 5.69 Å². The predicted octanol–water partition coefficient (Wildman–Crippen LogP) is 1.74. The van der Waals surface area contributed by atoms with Crippen molar-refractivity contribution in [3.05, 3.63) is 24.3 Å². The summed E-state index contributed by atoms with van der Waals surface area (Å²) in [6, 6.07) is 7.45. The summed E-state index contributed by atoms with van der Waals surface area (Å²) in [5.74, 6) is 0.567. The fourth-order valence-electron chi connectivity index (χ4n) is 2.36. The van der Waals surface area contributed by atoms with Gasteiger partial charge in [-0.15, -0.1) is 5.10 Å². The molecule has 1 aliphatic rings. The quantitative estimate of drug-likeness (QED) is 0.846. The van der Waals surface area contributed by atoms with E-state index in [0.717, 1.165) is 30.7 Å². The Kier molecular flexibility index (Phi) is 4.15. The Morgan fingerprint density at radius 1 is 1.50 bits per heavy atom. The van der Waals surface area contributed by atoms with Crippen LogP contribution in [0, 0.1) is 0 Å². The molecular formula is C15H20N6O. The topological polar surface area (TPSA) is 98.7 Å². The zero-order chi connectivity index (χ0) is 15.5. The minimum Gasteiger partial charge on any atom is -0.325 e. The summed E-state index contributed by atoms with van der Waals surface area (Å²) in [5.41, 5.74) is 7.43. The summed E-state index contributed by atoms with van der Waals surface area (Å²) in [5, 5.41) is 14.8. The largest absolute Gasteiger partial charge is 0.325 e. The molecule has 3 rings (SSSR count). The van der Waals surface area contributed by atoms with E-state index in [-0.39, 0.29) is 5.91 Å². The molecular weight excluding hydrogens is 280 g/mol. The lowest BCUT2D eigenvalue weighted by Gasteiger charge is -2.12. The number of nitrogens with one attached hydrogen (secondary N) is 1. The molecule has 7 heteroatoms. The Hall–Kier alpha value is -2.28. The molecule has 1 unspecified atom stereocenters. The molecule has 0 spiro atoms. The van der Waals surface area contributed by atoms with Gasteiger partial charge in [0.25, 0.3) is 0 Å². The van der Waals surface area contributed by atoms with Crippen LogP contribution in [0.3, 0.4) is 0 Å². The molecule has 1 aliphatic carbocycles. The van der Waals surface area contributed by atoms with Crippen molar-refractivity contribution in [2.75, 3.05) is 5.32 Å². The molecule has 1 fully saturated rings. The summed E-state index contributed by atoms with van der Waals surface area (Å²) in [4.78, 5) is 12.0. The second-order valence-electron chi connectivity index (χ2n) is 5.64. The first-order valence-electron chi connectivity index (χ1n) is 7.63. The van der Waals surface area contributed by atoms with Crippen LogP contribution in [0.25, 0.3) is 11.4 Å². The van der Waals surface area contributed by atoms with Gasteiger partial charge in [-0.1, -0.05) is 25.5 Å². The average molecular weight is 300 g/mol. The van der Waals surface area contributed by atoms with E-state index in [4.69, 9.17) is 5.73 Å². The molecule has 22 heavy (non-hydrogen) atoms. The minimum absolute atomic E-state index is 0.166.